The molecule has 0 aliphatic carbocycles. The smallest absolute Gasteiger partial charge is 0.221 e. The van der Waals surface area contributed by atoms with Crippen LogP contribution in [0.3, 0.4) is 0 Å². The Morgan fingerprint density at radius 3 is 2.38 bits per heavy atom. The van der Waals surface area contributed by atoms with Gasteiger partial charge < -0.3 is 20.2 Å². The number of H-pyrrole nitrogens is 1. The topological polar surface area (TPSA) is 115 Å². The van der Waals surface area contributed by atoms with E-state index < -0.39 is 10.0 Å². The van der Waals surface area contributed by atoms with Crippen LogP contribution in [0.2, 0.25) is 0 Å². The molecule has 210 valence electrons. The monoisotopic (exact) mass is 561 g/mol. The van der Waals surface area contributed by atoms with Crippen molar-refractivity contribution in [2.45, 2.75) is 31.6 Å². The highest BCUT2D eigenvalue weighted by Gasteiger charge is 2.30. The summed E-state index contributed by atoms with van der Waals surface area (Å²) in [6, 6.07) is 21.5. The predicted molar refractivity (Wildman–Crippen MR) is 157 cm³/mol. The number of benzene rings is 3. The molecule has 0 spiro atoms. The first-order valence-electron chi connectivity index (χ1n) is 13.6. The van der Waals surface area contributed by atoms with E-state index in [-0.39, 0.29) is 24.0 Å². The molecule has 5 rings (SSSR count). The molecule has 4 aromatic rings. The summed E-state index contributed by atoms with van der Waals surface area (Å²) < 4.78 is 38.5. The van der Waals surface area contributed by atoms with Crippen LogP contribution in [0, 0.1) is 0 Å². The number of methoxy groups -OCH3 is 1. The number of sulfonamides is 1. The predicted octanol–water partition coefficient (Wildman–Crippen LogP) is 4.85. The third-order valence-corrected chi connectivity index (χ3v) is 9.49. The fraction of sp³-hybridized carbons (Fsp3) is 0.323. The second kappa shape index (κ2) is 12.1. The zero-order valence-electron chi connectivity index (χ0n) is 22.6. The van der Waals surface area contributed by atoms with Crippen molar-refractivity contribution in [3.63, 3.8) is 0 Å². The summed E-state index contributed by atoms with van der Waals surface area (Å²) >= 11 is 0. The first kappa shape index (κ1) is 27.7. The summed E-state index contributed by atoms with van der Waals surface area (Å²) in [4.78, 5) is 15.2. The molecule has 0 unspecified atom stereocenters. The van der Waals surface area contributed by atoms with Crippen LogP contribution in [0.5, 0.6) is 11.5 Å². The van der Waals surface area contributed by atoms with Crippen LogP contribution in [0.4, 0.5) is 0 Å². The molecule has 0 atom stereocenters. The van der Waals surface area contributed by atoms with Gasteiger partial charge in [-0.1, -0.05) is 30.3 Å². The summed E-state index contributed by atoms with van der Waals surface area (Å²) in [6.07, 6.45) is 4.04. The molecule has 1 aliphatic rings. The molecule has 40 heavy (non-hydrogen) atoms. The van der Waals surface area contributed by atoms with Crippen LogP contribution < -0.4 is 15.2 Å². The maximum Gasteiger partial charge on any atom is 0.221 e. The maximum absolute atomic E-state index is 13.0. The van der Waals surface area contributed by atoms with E-state index in [0.29, 0.717) is 31.9 Å². The van der Waals surface area contributed by atoms with Crippen molar-refractivity contribution in [3.05, 3.63) is 84.1 Å². The second-order valence-electron chi connectivity index (χ2n) is 10.2. The Morgan fingerprint density at radius 2 is 1.70 bits per heavy atom. The van der Waals surface area contributed by atoms with Gasteiger partial charge >= 0.3 is 0 Å². The van der Waals surface area contributed by atoms with Gasteiger partial charge in [0.2, 0.25) is 15.9 Å². The molecule has 9 heteroatoms. The number of nitrogens with two attached hydrogens (primary N) is 1. The van der Waals surface area contributed by atoms with E-state index in [4.69, 9.17) is 15.2 Å². The van der Waals surface area contributed by atoms with Gasteiger partial charge in [0.1, 0.15) is 11.5 Å². The third-order valence-electron chi connectivity index (χ3n) is 7.54. The normalized spacial score (nSPS) is 14.8. The van der Waals surface area contributed by atoms with E-state index in [0.717, 1.165) is 51.7 Å². The lowest BCUT2D eigenvalue weighted by atomic mass is 9.88. The minimum atomic E-state index is -3.37. The van der Waals surface area contributed by atoms with Gasteiger partial charge in [0.15, 0.2) is 0 Å². The number of piperidine rings is 1. The molecule has 1 amide bonds. The number of carbonyl (C=O) groups is 1. The maximum atomic E-state index is 13.0. The van der Waals surface area contributed by atoms with Gasteiger partial charge in [0, 0.05) is 30.2 Å². The number of amides is 1. The number of nitrogens with zero attached hydrogens (tertiary/aromatic N) is 1. The Kier molecular flexibility index (Phi) is 8.42. The number of hydrogen-bond donors (Lipinski definition) is 2. The molecule has 3 aromatic carbocycles. The van der Waals surface area contributed by atoms with Crippen molar-refractivity contribution < 1.29 is 22.7 Å². The molecule has 2 heterocycles. The number of aromatic amines is 1. The van der Waals surface area contributed by atoms with Crippen molar-refractivity contribution in [1.82, 2.24) is 9.29 Å². The number of rotatable bonds is 11. The average molecular weight is 562 g/mol. The van der Waals surface area contributed by atoms with E-state index in [1.165, 1.54) is 0 Å². The minimum absolute atomic E-state index is 0.0534. The lowest BCUT2D eigenvalue weighted by Crippen LogP contribution is -2.39. The van der Waals surface area contributed by atoms with Crippen LogP contribution in [0.15, 0.2) is 72.9 Å². The van der Waals surface area contributed by atoms with Crippen molar-refractivity contribution in [1.29, 1.82) is 0 Å². The Balaban J connectivity index is 1.24. The summed E-state index contributed by atoms with van der Waals surface area (Å²) in [5.41, 5.74) is 10.6. The standard InChI is InChI=1S/C31H35N3O5S/c1-38-26-8-10-27(11-9-26)39-16-5-17-40(36,37)34-14-12-23(13-15-34)29-21-33-31-25(20-30(32)35)18-24(19-28(29)31)22-6-3-2-4-7-22/h2-4,6-11,18-19,21,23,33H,5,12-17,20H2,1H3,(H2,32,35). The van der Waals surface area contributed by atoms with E-state index in [9.17, 15) is 13.2 Å². The number of carbonyl (C=O) groups excluding carboxylic acids is 1. The van der Waals surface area contributed by atoms with Gasteiger partial charge in [-0.3, -0.25) is 4.79 Å². The lowest BCUT2D eigenvalue weighted by Gasteiger charge is -2.31. The van der Waals surface area contributed by atoms with Crippen molar-refractivity contribution in [2.24, 2.45) is 5.73 Å². The summed E-state index contributed by atoms with van der Waals surface area (Å²) in [6.45, 7) is 1.28. The van der Waals surface area contributed by atoms with E-state index in [1.54, 1.807) is 11.4 Å². The van der Waals surface area contributed by atoms with Crippen LogP contribution in [-0.4, -0.2) is 56.2 Å². The Hall–Kier alpha value is -3.82. The van der Waals surface area contributed by atoms with Crippen molar-refractivity contribution in [2.75, 3.05) is 32.6 Å². The third kappa shape index (κ3) is 6.32. The Morgan fingerprint density at radius 1 is 1.00 bits per heavy atom. The number of hydrogen-bond acceptors (Lipinski definition) is 5. The first-order valence-corrected chi connectivity index (χ1v) is 15.2. The van der Waals surface area contributed by atoms with Gasteiger partial charge in [0.25, 0.3) is 0 Å². The fourth-order valence-electron chi connectivity index (χ4n) is 5.47. The van der Waals surface area contributed by atoms with E-state index in [1.807, 2.05) is 66.9 Å². The van der Waals surface area contributed by atoms with Crippen LogP contribution in [0.25, 0.3) is 22.0 Å². The number of nitrogens with one attached hydrogen (secondary N) is 1. The van der Waals surface area contributed by atoms with Gasteiger partial charge in [-0.05, 0) is 83.8 Å². The van der Waals surface area contributed by atoms with E-state index >= 15 is 0 Å². The highest BCUT2D eigenvalue weighted by atomic mass is 32.2. The molecule has 1 aliphatic heterocycles. The van der Waals surface area contributed by atoms with Crippen LogP contribution in [0.1, 0.15) is 36.3 Å². The van der Waals surface area contributed by atoms with Gasteiger partial charge in [0.05, 0.1) is 25.9 Å². The van der Waals surface area contributed by atoms with E-state index in [2.05, 4.69) is 11.1 Å². The summed E-state index contributed by atoms with van der Waals surface area (Å²) in [5, 5.41) is 1.06. The molecule has 1 aromatic heterocycles. The molecule has 1 saturated heterocycles. The Bertz CT molecular complexity index is 1560. The molecule has 3 N–H and O–H groups in total. The van der Waals surface area contributed by atoms with Crippen LogP contribution >= 0.6 is 0 Å². The minimum Gasteiger partial charge on any atom is -0.497 e. The summed E-state index contributed by atoms with van der Waals surface area (Å²) in [5.74, 6) is 1.32. The van der Waals surface area contributed by atoms with Gasteiger partial charge in [-0.25, -0.2) is 12.7 Å². The van der Waals surface area contributed by atoms with Crippen molar-refractivity contribution in [3.8, 4) is 22.6 Å². The molecular formula is C31H35N3O5S. The number of fused-ring (bicyclic) bond motifs is 1. The first-order chi connectivity index (χ1) is 19.3. The number of ether oxygens (including phenoxy) is 2. The zero-order chi connectivity index (χ0) is 28.1. The quantitative estimate of drug-likeness (QED) is 0.254. The zero-order valence-corrected chi connectivity index (χ0v) is 23.5. The Labute approximate surface area is 235 Å². The lowest BCUT2D eigenvalue weighted by molar-refractivity contribution is -0.117. The van der Waals surface area contributed by atoms with Crippen molar-refractivity contribution >= 4 is 26.8 Å². The molecule has 0 saturated carbocycles. The summed E-state index contributed by atoms with van der Waals surface area (Å²) in [7, 11) is -1.77. The molecule has 1 fully saturated rings. The average Bonchev–Trinajstić information content (AvgIpc) is 3.40. The molecule has 8 nitrogen and oxygen atoms in total. The molecular weight excluding hydrogens is 526 g/mol. The molecule has 0 radical (unpaired) electrons. The molecule has 0 bridgehead atoms. The number of primary amides is 1. The second-order valence-corrected chi connectivity index (χ2v) is 12.3. The SMILES string of the molecule is COc1ccc(OCCCS(=O)(=O)N2CCC(c3c[nH]c4c(CC(N)=O)cc(-c5ccccc5)cc34)CC2)cc1. The fourth-order valence-corrected chi connectivity index (χ4v) is 6.98. The van der Waals surface area contributed by atoms with Gasteiger partial charge in [-0.15, -0.1) is 0 Å². The number of aromatic nitrogens is 1. The highest BCUT2D eigenvalue weighted by Crippen LogP contribution is 2.37. The highest BCUT2D eigenvalue weighted by molar-refractivity contribution is 7.89. The van der Waals surface area contributed by atoms with Crippen LogP contribution in [-0.2, 0) is 21.2 Å². The largest absolute Gasteiger partial charge is 0.497 e. The van der Waals surface area contributed by atoms with Gasteiger partial charge in [-0.2, -0.15) is 0 Å².